The number of pyridine rings is 1. The average Bonchev–Trinajstić information content (AvgIpc) is 2.45. The van der Waals surface area contributed by atoms with Gasteiger partial charge in [-0.3, -0.25) is 4.98 Å². The van der Waals surface area contributed by atoms with E-state index in [1.54, 1.807) is 0 Å². The number of likely N-dealkylation sites (N-methyl/N-ethyl adjacent to an activating group) is 1. The summed E-state index contributed by atoms with van der Waals surface area (Å²) in [4.78, 5) is 6.39. The third kappa shape index (κ3) is 8.70. The fourth-order valence-electron chi connectivity index (χ4n) is 1.82. The number of rotatable bonds is 11. The van der Waals surface area contributed by atoms with Gasteiger partial charge in [-0.25, -0.2) is 0 Å². The molecule has 1 heterocycles. The zero-order valence-electron chi connectivity index (χ0n) is 12.3. The van der Waals surface area contributed by atoms with Crippen LogP contribution in [0.15, 0.2) is 24.5 Å². The highest BCUT2D eigenvalue weighted by Crippen LogP contribution is 1.98. The van der Waals surface area contributed by atoms with Gasteiger partial charge >= 0.3 is 0 Å². The molecule has 0 spiro atoms. The van der Waals surface area contributed by atoms with Crippen molar-refractivity contribution in [3.63, 3.8) is 0 Å². The molecule has 0 aromatic carbocycles. The number of nitrogens with one attached hydrogen (secondary N) is 1. The van der Waals surface area contributed by atoms with E-state index in [1.165, 1.54) is 5.56 Å². The van der Waals surface area contributed by atoms with Crippen LogP contribution in [-0.4, -0.2) is 56.3 Å². The molecule has 0 saturated carbocycles. The van der Waals surface area contributed by atoms with Crippen molar-refractivity contribution in [3.8, 4) is 0 Å². The zero-order chi connectivity index (χ0) is 13.8. The molecule has 1 aromatic rings. The summed E-state index contributed by atoms with van der Waals surface area (Å²) in [6.07, 6.45) is 5.89. The molecular weight excluding hydrogens is 238 g/mol. The van der Waals surface area contributed by atoms with Crippen molar-refractivity contribution in [1.82, 2.24) is 15.2 Å². The van der Waals surface area contributed by atoms with Crippen LogP contribution >= 0.6 is 0 Å². The zero-order valence-corrected chi connectivity index (χ0v) is 12.3. The first-order chi connectivity index (χ1) is 9.33. The molecule has 0 aliphatic rings. The van der Waals surface area contributed by atoms with E-state index >= 15 is 0 Å². The van der Waals surface area contributed by atoms with Gasteiger partial charge in [0.2, 0.25) is 0 Å². The Bertz CT molecular complexity index is 306. The van der Waals surface area contributed by atoms with Gasteiger partial charge in [-0.15, -0.1) is 0 Å². The summed E-state index contributed by atoms with van der Waals surface area (Å²) in [5, 5.41) is 3.44. The number of nitrogens with zero attached hydrogens (tertiary/aromatic N) is 2. The second-order valence-corrected chi connectivity index (χ2v) is 4.71. The molecule has 0 amide bonds. The number of ether oxygens (including phenoxy) is 1. The Balaban J connectivity index is 1.95. The molecule has 4 heteroatoms. The van der Waals surface area contributed by atoms with E-state index in [2.05, 4.69) is 34.4 Å². The van der Waals surface area contributed by atoms with Gasteiger partial charge in [0.25, 0.3) is 0 Å². The Hall–Kier alpha value is -0.970. The summed E-state index contributed by atoms with van der Waals surface area (Å²) in [5.41, 5.74) is 1.35. The Morgan fingerprint density at radius 2 is 2.00 bits per heavy atom. The van der Waals surface area contributed by atoms with Gasteiger partial charge in [0.1, 0.15) is 0 Å². The SMILES string of the molecule is CCOCCCNCCN(C)CCc1ccncc1. The average molecular weight is 265 g/mol. The van der Waals surface area contributed by atoms with Gasteiger partial charge in [-0.05, 0) is 51.1 Å². The molecular formula is C15H27N3O. The minimum Gasteiger partial charge on any atom is -0.382 e. The van der Waals surface area contributed by atoms with E-state index in [0.717, 1.165) is 52.2 Å². The molecule has 0 bridgehead atoms. The summed E-state index contributed by atoms with van der Waals surface area (Å²) < 4.78 is 5.29. The fourth-order valence-corrected chi connectivity index (χ4v) is 1.82. The minimum atomic E-state index is 0.817. The Labute approximate surface area is 117 Å². The van der Waals surface area contributed by atoms with Crippen LogP contribution in [0.4, 0.5) is 0 Å². The van der Waals surface area contributed by atoms with Crippen molar-refractivity contribution in [2.45, 2.75) is 19.8 Å². The van der Waals surface area contributed by atoms with E-state index in [0.29, 0.717) is 0 Å². The van der Waals surface area contributed by atoms with Crippen LogP contribution in [0.2, 0.25) is 0 Å². The normalized spacial score (nSPS) is 11.1. The van der Waals surface area contributed by atoms with E-state index in [-0.39, 0.29) is 0 Å². The maximum absolute atomic E-state index is 5.29. The second kappa shape index (κ2) is 10.9. The summed E-state index contributed by atoms with van der Waals surface area (Å²) in [5.74, 6) is 0. The highest BCUT2D eigenvalue weighted by Gasteiger charge is 1.99. The smallest absolute Gasteiger partial charge is 0.0477 e. The lowest BCUT2D eigenvalue weighted by molar-refractivity contribution is 0.144. The standard InChI is InChI=1S/C15H27N3O/c1-3-19-14-4-8-16-11-13-18(2)12-7-15-5-9-17-10-6-15/h5-6,9-10,16H,3-4,7-8,11-14H2,1-2H3. The van der Waals surface area contributed by atoms with Crippen molar-refractivity contribution in [2.24, 2.45) is 0 Å². The number of hydrogen-bond acceptors (Lipinski definition) is 4. The number of hydrogen-bond donors (Lipinski definition) is 1. The van der Waals surface area contributed by atoms with Gasteiger partial charge in [0, 0.05) is 45.2 Å². The molecule has 1 rings (SSSR count). The predicted octanol–water partition coefficient (Wildman–Crippen LogP) is 1.57. The molecule has 0 aliphatic carbocycles. The van der Waals surface area contributed by atoms with Crippen LogP contribution in [-0.2, 0) is 11.2 Å². The van der Waals surface area contributed by atoms with Crippen molar-refractivity contribution < 1.29 is 4.74 Å². The molecule has 0 saturated heterocycles. The monoisotopic (exact) mass is 265 g/mol. The topological polar surface area (TPSA) is 37.4 Å². The van der Waals surface area contributed by atoms with Crippen molar-refractivity contribution in [2.75, 3.05) is 46.4 Å². The molecule has 1 aromatic heterocycles. The molecule has 4 nitrogen and oxygen atoms in total. The van der Waals surface area contributed by atoms with Crippen LogP contribution in [0.5, 0.6) is 0 Å². The quantitative estimate of drug-likeness (QED) is 0.616. The molecule has 19 heavy (non-hydrogen) atoms. The van der Waals surface area contributed by atoms with Gasteiger partial charge in [-0.1, -0.05) is 0 Å². The largest absolute Gasteiger partial charge is 0.382 e. The number of aromatic nitrogens is 1. The summed E-state index contributed by atoms with van der Waals surface area (Å²) in [6, 6.07) is 4.17. The summed E-state index contributed by atoms with van der Waals surface area (Å²) in [6.45, 7) is 7.96. The van der Waals surface area contributed by atoms with Gasteiger partial charge in [-0.2, -0.15) is 0 Å². The Morgan fingerprint density at radius 1 is 1.21 bits per heavy atom. The van der Waals surface area contributed by atoms with E-state index in [1.807, 2.05) is 19.3 Å². The molecule has 0 atom stereocenters. The lowest BCUT2D eigenvalue weighted by Gasteiger charge is -2.16. The van der Waals surface area contributed by atoms with Gasteiger partial charge in [0.05, 0.1) is 0 Å². The maximum atomic E-state index is 5.29. The molecule has 1 N–H and O–H groups in total. The van der Waals surface area contributed by atoms with E-state index < -0.39 is 0 Å². The minimum absolute atomic E-state index is 0.817. The van der Waals surface area contributed by atoms with Crippen molar-refractivity contribution in [3.05, 3.63) is 30.1 Å². The highest BCUT2D eigenvalue weighted by molar-refractivity contribution is 5.09. The predicted molar refractivity (Wildman–Crippen MR) is 79.4 cm³/mol. The summed E-state index contributed by atoms with van der Waals surface area (Å²) >= 11 is 0. The van der Waals surface area contributed by atoms with Crippen LogP contribution in [0.3, 0.4) is 0 Å². The third-order valence-electron chi connectivity index (χ3n) is 3.05. The van der Waals surface area contributed by atoms with E-state index in [9.17, 15) is 0 Å². The second-order valence-electron chi connectivity index (χ2n) is 4.71. The Kier molecular flexibility index (Phi) is 9.23. The van der Waals surface area contributed by atoms with Crippen molar-refractivity contribution >= 4 is 0 Å². The Morgan fingerprint density at radius 3 is 2.74 bits per heavy atom. The van der Waals surface area contributed by atoms with Gasteiger partial charge in [0.15, 0.2) is 0 Å². The third-order valence-corrected chi connectivity index (χ3v) is 3.05. The fraction of sp³-hybridized carbons (Fsp3) is 0.667. The molecule has 108 valence electrons. The summed E-state index contributed by atoms with van der Waals surface area (Å²) in [7, 11) is 2.17. The van der Waals surface area contributed by atoms with Crippen LogP contribution < -0.4 is 5.32 Å². The van der Waals surface area contributed by atoms with E-state index in [4.69, 9.17) is 4.74 Å². The maximum Gasteiger partial charge on any atom is 0.0477 e. The lowest BCUT2D eigenvalue weighted by atomic mass is 10.2. The first-order valence-corrected chi connectivity index (χ1v) is 7.19. The van der Waals surface area contributed by atoms with Gasteiger partial charge < -0.3 is 15.0 Å². The van der Waals surface area contributed by atoms with Crippen LogP contribution in [0, 0.1) is 0 Å². The molecule has 0 fully saturated rings. The first-order valence-electron chi connectivity index (χ1n) is 7.19. The first kappa shape index (κ1) is 16.1. The van der Waals surface area contributed by atoms with Crippen molar-refractivity contribution in [1.29, 1.82) is 0 Å². The van der Waals surface area contributed by atoms with Crippen LogP contribution in [0.25, 0.3) is 0 Å². The lowest BCUT2D eigenvalue weighted by Crippen LogP contribution is -2.31. The molecule has 0 unspecified atom stereocenters. The van der Waals surface area contributed by atoms with Crippen LogP contribution in [0.1, 0.15) is 18.9 Å². The highest BCUT2D eigenvalue weighted by atomic mass is 16.5. The molecule has 0 aliphatic heterocycles. The molecule has 0 radical (unpaired) electrons.